The number of ether oxygens (including phenoxy) is 3. The van der Waals surface area contributed by atoms with Gasteiger partial charge in [-0.15, -0.1) is 0 Å². The summed E-state index contributed by atoms with van der Waals surface area (Å²) in [5, 5.41) is 43.6. The molecule has 3 aliphatic heterocycles. The second-order valence-corrected chi connectivity index (χ2v) is 18.3. The molecule has 1 aliphatic carbocycles. The molecule has 11 nitrogen and oxygen atoms in total. The van der Waals surface area contributed by atoms with Gasteiger partial charge in [-0.2, -0.15) is 0 Å². The van der Waals surface area contributed by atoms with E-state index in [4.69, 9.17) is 14.2 Å². The molecule has 0 aromatic heterocycles. The fraction of sp³-hybridized carbons (Fsp3) is 0.766. The monoisotopic (exact) mass is 814 g/mol. The van der Waals surface area contributed by atoms with E-state index in [1.807, 2.05) is 58.1 Å². The largest absolute Gasteiger partial charge is 0.460 e. The van der Waals surface area contributed by atoms with Gasteiger partial charge in [0.2, 0.25) is 5.91 Å². The molecule has 328 valence electrons. The van der Waals surface area contributed by atoms with Crippen LogP contribution >= 0.6 is 0 Å². The fourth-order valence-corrected chi connectivity index (χ4v) is 9.13. The molecule has 4 aliphatic rings. The average molecular weight is 814 g/mol. The number of fused-ring (bicyclic) bond motifs is 3. The number of cyclic esters (lactones) is 1. The number of hydrogen-bond acceptors (Lipinski definition) is 10. The molecule has 0 aromatic rings. The topological polar surface area (TPSA) is 163 Å². The number of amides is 1. The van der Waals surface area contributed by atoms with Crippen molar-refractivity contribution in [2.75, 3.05) is 13.7 Å². The lowest BCUT2D eigenvalue weighted by Gasteiger charge is -2.44. The minimum absolute atomic E-state index is 0.00147. The Bertz CT molecular complexity index is 1470. The van der Waals surface area contributed by atoms with Gasteiger partial charge < -0.3 is 39.5 Å². The van der Waals surface area contributed by atoms with Crippen LogP contribution in [0.4, 0.5) is 0 Å². The van der Waals surface area contributed by atoms with Crippen LogP contribution in [0.3, 0.4) is 0 Å². The summed E-state index contributed by atoms with van der Waals surface area (Å²) < 4.78 is 18.6. The van der Waals surface area contributed by atoms with E-state index in [1.165, 1.54) is 0 Å². The number of nitrogens with zero attached hydrogens (tertiary/aromatic N) is 1. The SMILES string of the molecule is CO[C@H]1C[C@@H]2CC[C@@H](C)[C@](O)(CC(=O)N3CCCC[C@H]3C(=O)OC([C@H](C)C[C@@H]3CC[C@@H](O)[C@H](O)C3)C/C=C(\C)[C@@H](O)CC(=O)[C@H](C)CC[C@H](C)/C=C/C=C/C=C1C)O2. The lowest BCUT2D eigenvalue weighted by atomic mass is 9.79. The summed E-state index contributed by atoms with van der Waals surface area (Å²) in [7, 11) is 1.66. The maximum absolute atomic E-state index is 14.2. The molecule has 11 heteroatoms. The molecule has 2 saturated heterocycles. The zero-order chi connectivity index (χ0) is 42.6. The molecule has 4 N–H and O–H groups in total. The highest BCUT2D eigenvalue weighted by Gasteiger charge is 2.46. The molecular formula is C47H75NO10. The van der Waals surface area contributed by atoms with Gasteiger partial charge in [0.1, 0.15) is 17.9 Å². The Morgan fingerprint density at radius 3 is 2.38 bits per heavy atom. The molecule has 1 unspecified atom stereocenters. The van der Waals surface area contributed by atoms with Crippen LogP contribution in [0.5, 0.6) is 0 Å². The van der Waals surface area contributed by atoms with Crippen molar-refractivity contribution in [2.45, 2.75) is 186 Å². The lowest BCUT2D eigenvalue weighted by Crippen LogP contribution is -2.54. The number of carbonyl (C=O) groups is 3. The number of ketones is 1. The molecule has 0 aromatic carbocycles. The van der Waals surface area contributed by atoms with Crippen LogP contribution in [0.2, 0.25) is 0 Å². The Morgan fingerprint density at radius 1 is 0.897 bits per heavy atom. The van der Waals surface area contributed by atoms with Crippen molar-refractivity contribution in [3.8, 4) is 0 Å². The van der Waals surface area contributed by atoms with Crippen LogP contribution in [0.1, 0.15) is 138 Å². The van der Waals surface area contributed by atoms with Gasteiger partial charge in [-0.05, 0) is 113 Å². The first kappa shape index (κ1) is 48.0. The average Bonchev–Trinajstić information content (AvgIpc) is 3.19. The van der Waals surface area contributed by atoms with Gasteiger partial charge in [-0.3, -0.25) is 9.59 Å². The van der Waals surface area contributed by atoms with Crippen molar-refractivity contribution < 1.29 is 49.0 Å². The Hall–Kier alpha value is -2.67. The molecule has 4 rings (SSSR count). The first-order valence-electron chi connectivity index (χ1n) is 22.2. The molecule has 3 fully saturated rings. The van der Waals surface area contributed by atoms with Crippen molar-refractivity contribution in [1.82, 2.24) is 4.90 Å². The van der Waals surface area contributed by atoms with Crippen molar-refractivity contribution >= 4 is 17.7 Å². The molecule has 58 heavy (non-hydrogen) atoms. The fourth-order valence-electron chi connectivity index (χ4n) is 9.13. The van der Waals surface area contributed by atoms with Gasteiger partial charge in [0.15, 0.2) is 5.79 Å². The summed E-state index contributed by atoms with van der Waals surface area (Å²) in [6.07, 6.45) is 16.0. The molecule has 2 bridgehead atoms. The van der Waals surface area contributed by atoms with E-state index in [1.54, 1.807) is 18.9 Å². The van der Waals surface area contributed by atoms with Crippen molar-refractivity contribution in [1.29, 1.82) is 0 Å². The van der Waals surface area contributed by atoms with Gasteiger partial charge in [0.05, 0.1) is 36.9 Å². The van der Waals surface area contributed by atoms with Gasteiger partial charge in [0, 0.05) is 44.8 Å². The molecule has 3 heterocycles. The van der Waals surface area contributed by atoms with E-state index in [0.717, 1.165) is 37.7 Å². The summed E-state index contributed by atoms with van der Waals surface area (Å²) in [5.74, 6) is -2.80. The molecule has 1 amide bonds. The summed E-state index contributed by atoms with van der Waals surface area (Å²) in [6, 6.07) is -0.821. The highest BCUT2D eigenvalue weighted by Crippen LogP contribution is 2.38. The third-order valence-electron chi connectivity index (χ3n) is 13.5. The van der Waals surface area contributed by atoms with E-state index in [9.17, 15) is 34.8 Å². The van der Waals surface area contributed by atoms with E-state index < -0.39 is 42.2 Å². The predicted molar refractivity (Wildman–Crippen MR) is 224 cm³/mol. The van der Waals surface area contributed by atoms with Crippen molar-refractivity contribution in [3.63, 3.8) is 0 Å². The number of hydrogen-bond donors (Lipinski definition) is 4. The quantitative estimate of drug-likeness (QED) is 0.173. The number of carbonyl (C=O) groups excluding carboxylic acids is 3. The van der Waals surface area contributed by atoms with Gasteiger partial charge >= 0.3 is 5.97 Å². The predicted octanol–water partition coefficient (Wildman–Crippen LogP) is 6.91. The van der Waals surface area contributed by atoms with Crippen LogP contribution in [0.15, 0.2) is 47.6 Å². The summed E-state index contributed by atoms with van der Waals surface area (Å²) in [6.45, 7) is 12.1. The normalized spacial score (nSPS) is 40.1. The smallest absolute Gasteiger partial charge is 0.329 e. The number of piperidine rings is 1. The van der Waals surface area contributed by atoms with Gasteiger partial charge in [-0.1, -0.05) is 64.2 Å². The van der Waals surface area contributed by atoms with Crippen LogP contribution in [0.25, 0.3) is 0 Å². The summed E-state index contributed by atoms with van der Waals surface area (Å²) in [4.78, 5) is 43.1. The molecule has 0 spiro atoms. The minimum Gasteiger partial charge on any atom is -0.460 e. The maximum Gasteiger partial charge on any atom is 0.329 e. The standard InChI is InChI=1S/C47H75NO10/c1-30-13-9-8-10-14-33(4)44(56-7)27-37-21-19-35(6)47(55,58-37)29-45(53)48-24-12-11-15-38(48)46(54)57-43(34(5)25-36-20-22-39(49)42(52)26-36)23-18-32(3)41(51)28-40(50)31(2)17-16-30/h8-10,13-14,18,30-31,34-39,41-44,49,51-52,55H,11-12,15-17,19-29H2,1-7H3/b10-8+,13-9+,32-18+,33-14?/t30-,31-,34-,35-,36+,37+,38+,39-,41+,42-,43?,44+,47+/m1/s1. The third-order valence-corrected chi connectivity index (χ3v) is 13.5. The van der Waals surface area contributed by atoms with Gasteiger partial charge in [-0.25, -0.2) is 4.79 Å². The van der Waals surface area contributed by atoms with Crippen LogP contribution < -0.4 is 0 Å². The maximum atomic E-state index is 14.2. The number of allylic oxidation sites excluding steroid dienone is 5. The van der Waals surface area contributed by atoms with Crippen LogP contribution in [0, 0.1) is 29.6 Å². The Balaban J connectivity index is 1.61. The van der Waals surface area contributed by atoms with Crippen molar-refractivity contribution in [3.05, 3.63) is 47.6 Å². The second-order valence-electron chi connectivity index (χ2n) is 18.3. The van der Waals surface area contributed by atoms with Crippen molar-refractivity contribution in [2.24, 2.45) is 29.6 Å². The zero-order valence-electron chi connectivity index (χ0n) is 36.4. The third kappa shape index (κ3) is 13.9. The first-order valence-corrected chi connectivity index (χ1v) is 22.2. The Morgan fingerprint density at radius 2 is 1.66 bits per heavy atom. The summed E-state index contributed by atoms with van der Waals surface area (Å²) in [5.41, 5.74) is 1.64. The number of Topliss-reactive ketones (excluding diaryl/α,β-unsaturated/α-hetero) is 1. The van der Waals surface area contributed by atoms with Crippen LogP contribution in [-0.2, 0) is 28.6 Å². The molecule has 0 radical (unpaired) electrons. The number of esters is 1. The first-order chi connectivity index (χ1) is 27.5. The molecule has 1 saturated carbocycles. The number of methoxy groups -OCH3 is 1. The summed E-state index contributed by atoms with van der Waals surface area (Å²) >= 11 is 0. The van der Waals surface area contributed by atoms with E-state index in [2.05, 4.69) is 13.0 Å². The number of aliphatic hydroxyl groups is 4. The Kier molecular flexibility index (Phi) is 18.9. The second kappa shape index (κ2) is 22.8. The van der Waals surface area contributed by atoms with E-state index in [-0.39, 0.29) is 66.3 Å². The Labute approximate surface area is 348 Å². The zero-order valence-corrected chi connectivity index (χ0v) is 36.4. The minimum atomic E-state index is -1.71. The van der Waals surface area contributed by atoms with E-state index in [0.29, 0.717) is 63.5 Å². The van der Waals surface area contributed by atoms with Gasteiger partial charge in [0.25, 0.3) is 0 Å². The van der Waals surface area contributed by atoms with E-state index >= 15 is 0 Å². The number of rotatable bonds is 4. The number of aliphatic hydroxyl groups excluding tert-OH is 3. The highest BCUT2D eigenvalue weighted by molar-refractivity contribution is 5.85. The molecular weight excluding hydrogens is 739 g/mol. The molecule has 13 atom stereocenters. The van der Waals surface area contributed by atoms with Crippen LogP contribution in [-0.4, -0.2) is 105 Å². The lowest BCUT2D eigenvalue weighted by molar-refractivity contribution is -0.284. The highest BCUT2D eigenvalue weighted by atomic mass is 16.6.